The van der Waals surface area contributed by atoms with Crippen LogP contribution in [0.2, 0.25) is 0 Å². The second-order valence-electron chi connectivity index (χ2n) is 11.2. The van der Waals surface area contributed by atoms with Crippen LogP contribution in [0.1, 0.15) is 53.2 Å². The molecule has 3 N–H and O–H groups in total. The summed E-state index contributed by atoms with van der Waals surface area (Å²) in [5.74, 6) is -2.77. The lowest BCUT2D eigenvalue weighted by molar-refractivity contribution is -0.274. The largest absolute Gasteiger partial charge is 0.573 e. The third kappa shape index (κ3) is 8.78. The Kier molecular flexibility index (Phi) is 10.8. The van der Waals surface area contributed by atoms with Crippen molar-refractivity contribution in [2.75, 3.05) is 24.5 Å². The number of anilines is 1. The van der Waals surface area contributed by atoms with Gasteiger partial charge in [0.2, 0.25) is 15.9 Å². The molecule has 17 heteroatoms. The van der Waals surface area contributed by atoms with Gasteiger partial charge in [-0.25, -0.2) is 13.4 Å². The third-order valence-electron chi connectivity index (χ3n) is 7.39. The summed E-state index contributed by atoms with van der Waals surface area (Å²) in [6, 6.07) is 8.86. The van der Waals surface area contributed by atoms with Gasteiger partial charge in [-0.05, 0) is 55.2 Å². The third-order valence-corrected chi connectivity index (χ3v) is 10.5. The zero-order valence-electron chi connectivity index (χ0n) is 25.9. The van der Waals surface area contributed by atoms with E-state index in [1.165, 1.54) is 6.92 Å². The lowest BCUT2D eigenvalue weighted by Gasteiger charge is -2.39. The van der Waals surface area contributed by atoms with Gasteiger partial charge < -0.3 is 25.4 Å². The number of carboxylic acid groups (broad SMARTS) is 1. The number of rotatable bonds is 11. The van der Waals surface area contributed by atoms with Crippen molar-refractivity contribution in [2.24, 2.45) is 0 Å². The first-order chi connectivity index (χ1) is 22.0. The van der Waals surface area contributed by atoms with Crippen LogP contribution in [0.25, 0.3) is 0 Å². The van der Waals surface area contributed by atoms with Crippen LogP contribution in [0.3, 0.4) is 0 Å². The number of carbonyl (C=O) groups excluding carboxylic acids is 2. The Hall–Kier alpha value is -4.22. The summed E-state index contributed by atoms with van der Waals surface area (Å²) in [4.78, 5) is 43.5. The van der Waals surface area contributed by atoms with Crippen LogP contribution in [-0.2, 0) is 26.2 Å². The highest BCUT2D eigenvalue weighted by atomic mass is 32.2. The first-order valence-corrected chi connectivity index (χ1v) is 16.7. The number of alkyl halides is 3. The van der Waals surface area contributed by atoms with Gasteiger partial charge in [0.1, 0.15) is 22.7 Å². The van der Waals surface area contributed by atoms with Crippen LogP contribution in [0.15, 0.2) is 53.4 Å². The lowest BCUT2D eigenvalue weighted by Crippen LogP contribution is -2.60. The summed E-state index contributed by atoms with van der Waals surface area (Å²) in [7, 11) is -4.39. The van der Waals surface area contributed by atoms with Gasteiger partial charge in [0.25, 0.3) is 5.91 Å². The van der Waals surface area contributed by atoms with E-state index in [4.69, 9.17) is 5.11 Å². The van der Waals surface area contributed by atoms with Crippen LogP contribution in [0.4, 0.5) is 18.3 Å². The number of aliphatic carboxylic acids is 1. The highest BCUT2D eigenvalue weighted by Gasteiger charge is 2.41. The van der Waals surface area contributed by atoms with Crippen LogP contribution < -0.4 is 20.3 Å². The summed E-state index contributed by atoms with van der Waals surface area (Å²) >= 11 is 0.971. The van der Waals surface area contributed by atoms with Crippen molar-refractivity contribution < 1.29 is 45.8 Å². The molecule has 12 nitrogen and oxygen atoms in total. The standard InChI is InChI=1S/C30H34F3N5O7S2/c1-17(2)21-7-5-20(6-8-21)15-34-26(39)24-16-37(29-36-18(3)25(46-29)27(40)35-19(4)28(41)42)13-14-38(24)47(43,44)23-11-9-22(10-12-23)45-30(31,32)33/h5-12,17,19,24H,13-16H2,1-4H3,(H,34,39)(H,35,40)(H,41,42). The molecule has 0 saturated carbocycles. The van der Waals surface area contributed by atoms with Crippen molar-refractivity contribution in [2.45, 2.75) is 63.5 Å². The number of thiazole rings is 1. The first kappa shape index (κ1) is 35.6. The Morgan fingerprint density at radius 3 is 2.28 bits per heavy atom. The van der Waals surface area contributed by atoms with E-state index >= 15 is 0 Å². The number of hydrogen-bond acceptors (Lipinski definition) is 9. The number of ether oxygens (including phenoxy) is 1. The topological polar surface area (TPSA) is 158 Å². The molecule has 1 aliphatic rings. The Morgan fingerprint density at radius 1 is 1.06 bits per heavy atom. The molecule has 0 aliphatic carbocycles. The van der Waals surface area contributed by atoms with Gasteiger partial charge in [0.05, 0.1) is 10.6 Å². The van der Waals surface area contributed by atoms with Gasteiger partial charge in [0, 0.05) is 26.2 Å². The lowest BCUT2D eigenvalue weighted by atomic mass is 10.0. The molecule has 1 saturated heterocycles. The number of carbonyl (C=O) groups is 3. The van der Waals surface area contributed by atoms with E-state index in [0.717, 1.165) is 51.0 Å². The molecule has 1 fully saturated rings. The van der Waals surface area contributed by atoms with E-state index < -0.39 is 52.0 Å². The molecule has 1 aromatic heterocycles. The van der Waals surface area contributed by atoms with E-state index in [9.17, 15) is 36.0 Å². The highest BCUT2D eigenvalue weighted by Crippen LogP contribution is 2.31. The number of piperazine rings is 1. The summed E-state index contributed by atoms with van der Waals surface area (Å²) in [6.07, 6.45) is -4.96. The fraction of sp³-hybridized carbons (Fsp3) is 0.400. The van der Waals surface area contributed by atoms with Crippen molar-refractivity contribution in [3.8, 4) is 5.75 Å². The minimum absolute atomic E-state index is 0.0640. The minimum Gasteiger partial charge on any atom is -0.480 e. The number of aryl methyl sites for hydroxylation is 1. The zero-order valence-corrected chi connectivity index (χ0v) is 27.5. The molecule has 0 radical (unpaired) electrons. The minimum atomic E-state index is -4.96. The normalized spacial score (nSPS) is 16.5. The van der Waals surface area contributed by atoms with Crippen molar-refractivity contribution in [1.29, 1.82) is 0 Å². The molecule has 2 unspecified atom stereocenters. The van der Waals surface area contributed by atoms with Crippen molar-refractivity contribution in [3.63, 3.8) is 0 Å². The predicted molar refractivity (Wildman–Crippen MR) is 167 cm³/mol. The summed E-state index contributed by atoms with van der Waals surface area (Å²) < 4.78 is 70.3. The van der Waals surface area contributed by atoms with Crippen LogP contribution in [-0.4, -0.2) is 78.7 Å². The monoisotopic (exact) mass is 697 g/mol. The molecular weight excluding hydrogens is 663 g/mol. The average Bonchev–Trinajstić information content (AvgIpc) is 3.40. The summed E-state index contributed by atoms with van der Waals surface area (Å²) in [6.45, 7) is 6.80. The van der Waals surface area contributed by atoms with E-state index in [1.54, 1.807) is 11.8 Å². The Bertz CT molecular complexity index is 1710. The van der Waals surface area contributed by atoms with Crippen LogP contribution in [0.5, 0.6) is 5.75 Å². The van der Waals surface area contributed by atoms with Crippen LogP contribution in [0, 0.1) is 6.92 Å². The fourth-order valence-corrected chi connectivity index (χ4v) is 7.34. The Balaban J connectivity index is 1.60. The molecule has 4 rings (SSSR count). The molecule has 2 atom stereocenters. The van der Waals surface area contributed by atoms with Gasteiger partial charge >= 0.3 is 12.3 Å². The van der Waals surface area contributed by atoms with Gasteiger partial charge in [-0.15, -0.1) is 13.2 Å². The SMILES string of the molecule is Cc1nc(N2CCN(S(=O)(=O)c3ccc(OC(F)(F)F)cc3)C(C(=O)NCc3ccc(C(C)C)cc3)C2)sc1C(=O)NC(C)C(=O)O. The Morgan fingerprint density at radius 2 is 1.70 bits per heavy atom. The van der Waals surface area contributed by atoms with Crippen LogP contribution >= 0.6 is 11.3 Å². The zero-order chi connectivity index (χ0) is 34.7. The highest BCUT2D eigenvalue weighted by molar-refractivity contribution is 7.89. The van der Waals surface area contributed by atoms with Crippen molar-refractivity contribution in [1.82, 2.24) is 19.9 Å². The maximum absolute atomic E-state index is 13.8. The number of nitrogens with one attached hydrogen (secondary N) is 2. The molecule has 3 aromatic rings. The number of aromatic nitrogens is 1. The molecule has 2 aromatic carbocycles. The fourth-order valence-electron chi connectivity index (χ4n) is 4.77. The van der Waals surface area contributed by atoms with Gasteiger partial charge in [-0.1, -0.05) is 49.4 Å². The average molecular weight is 698 g/mol. The molecular formula is C30H34F3N5O7S2. The summed E-state index contributed by atoms with van der Waals surface area (Å²) in [5, 5.41) is 14.6. The van der Waals surface area contributed by atoms with Gasteiger partial charge in [0.15, 0.2) is 5.13 Å². The second kappa shape index (κ2) is 14.3. The van der Waals surface area contributed by atoms with E-state index in [1.807, 2.05) is 38.1 Å². The second-order valence-corrected chi connectivity index (χ2v) is 14.0. The quantitative estimate of drug-likeness (QED) is 0.271. The molecule has 1 aliphatic heterocycles. The van der Waals surface area contributed by atoms with Gasteiger partial charge in [-0.2, -0.15) is 4.31 Å². The predicted octanol–water partition coefficient (Wildman–Crippen LogP) is 3.87. The molecule has 0 bridgehead atoms. The number of hydrogen-bond donors (Lipinski definition) is 3. The number of benzene rings is 2. The number of halogens is 3. The number of nitrogens with zero attached hydrogens (tertiary/aromatic N) is 3. The maximum atomic E-state index is 13.8. The van der Waals surface area contributed by atoms with Crippen molar-refractivity contribution in [3.05, 3.63) is 70.2 Å². The Labute approximate surface area is 273 Å². The van der Waals surface area contributed by atoms with E-state index in [2.05, 4.69) is 20.4 Å². The maximum Gasteiger partial charge on any atom is 0.573 e. The molecule has 47 heavy (non-hydrogen) atoms. The molecule has 2 heterocycles. The van der Waals surface area contributed by atoms with E-state index in [0.29, 0.717) is 16.7 Å². The van der Waals surface area contributed by atoms with Gasteiger partial charge in [-0.3, -0.25) is 14.4 Å². The smallest absolute Gasteiger partial charge is 0.480 e. The molecule has 0 spiro atoms. The summed E-state index contributed by atoms with van der Waals surface area (Å²) in [5.41, 5.74) is 2.21. The number of sulfonamides is 1. The molecule has 2 amide bonds. The number of amides is 2. The van der Waals surface area contributed by atoms with E-state index in [-0.39, 0.29) is 36.0 Å². The molecule has 254 valence electrons. The first-order valence-electron chi connectivity index (χ1n) is 14.5. The number of carboxylic acids is 1. The van der Waals surface area contributed by atoms with Crippen molar-refractivity contribution >= 4 is 44.3 Å².